The zero-order valence-electron chi connectivity index (χ0n) is 11.6. The molecular weight excluding hydrogens is 258 g/mol. The molecule has 19 heavy (non-hydrogen) atoms. The minimum atomic E-state index is 0.0162. The molecular formula is C14H23N3OS. The van der Waals surface area contributed by atoms with Crippen LogP contribution in [0.25, 0.3) is 0 Å². The van der Waals surface area contributed by atoms with Gasteiger partial charge in [0.15, 0.2) is 0 Å². The summed E-state index contributed by atoms with van der Waals surface area (Å²) < 4.78 is 1.58. The molecule has 0 amide bonds. The third kappa shape index (κ3) is 4.00. The number of thiol groups is 1. The van der Waals surface area contributed by atoms with Crippen molar-refractivity contribution >= 4 is 18.3 Å². The van der Waals surface area contributed by atoms with Crippen molar-refractivity contribution in [3.63, 3.8) is 0 Å². The molecule has 4 nitrogen and oxygen atoms in total. The number of anilines is 1. The number of rotatable bonds is 6. The predicted octanol–water partition coefficient (Wildman–Crippen LogP) is 2.19. The van der Waals surface area contributed by atoms with Crippen molar-refractivity contribution in [1.29, 1.82) is 0 Å². The van der Waals surface area contributed by atoms with Crippen LogP contribution in [0.5, 0.6) is 0 Å². The number of aryl methyl sites for hydroxylation is 1. The van der Waals surface area contributed by atoms with Crippen molar-refractivity contribution in [2.24, 2.45) is 5.92 Å². The van der Waals surface area contributed by atoms with Crippen molar-refractivity contribution in [3.05, 3.63) is 22.6 Å². The van der Waals surface area contributed by atoms with E-state index in [2.05, 4.69) is 29.6 Å². The lowest BCUT2D eigenvalue weighted by Gasteiger charge is -2.17. The second-order valence-corrected chi connectivity index (χ2v) is 5.82. The molecule has 106 valence electrons. The van der Waals surface area contributed by atoms with Crippen LogP contribution >= 0.6 is 12.6 Å². The maximum absolute atomic E-state index is 12.0. The Bertz CT molecular complexity index is 454. The number of hydrogen-bond acceptors (Lipinski definition) is 4. The molecule has 1 aromatic heterocycles. The van der Waals surface area contributed by atoms with Crippen LogP contribution in [0, 0.1) is 5.92 Å². The van der Waals surface area contributed by atoms with Crippen LogP contribution < -0.4 is 10.5 Å². The molecule has 1 saturated heterocycles. The fourth-order valence-corrected chi connectivity index (χ4v) is 2.89. The highest BCUT2D eigenvalue weighted by molar-refractivity contribution is 7.80. The lowest BCUT2D eigenvalue weighted by molar-refractivity contribution is 0.440. The fourth-order valence-electron chi connectivity index (χ4n) is 2.45. The summed E-state index contributed by atoms with van der Waals surface area (Å²) in [7, 11) is 0. The molecule has 1 fully saturated rings. The summed E-state index contributed by atoms with van der Waals surface area (Å²) in [5, 5.41) is 4.30. The maximum Gasteiger partial charge on any atom is 0.268 e. The van der Waals surface area contributed by atoms with Gasteiger partial charge in [0, 0.05) is 25.7 Å². The normalized spacial score (nSPS) is 16.8. The SMILES string of the molecule is CC(CCS)CCn1ncc(N2CCCC2)cc1=O. The first-order valence-corrected chi connectivity index (χ1v) is 7.77. The van der Waals surface area contributed by atoms with Crippen LogP contribution in [0.3, 0.4) is 0 Å². The highest BCUT2D eigenvalue weighted by Gasteiger charge is 2.13. The largest absolute Gasteiger partial charge is 0.370 e. The molecule has 0 spiro atoms. The van der Waals surface area contributed by atoms with Crippen molar-refractivity contribution < 1.29 is 0 Å². The lowest BCUT2D eigenvalue weighted by atomic mass is 10.1. The van der Waals surface area contributed by atoms with E-state index in [1.54, 1.807) is 10.7 Å². The molecule has 5 heteroatoms. The molecule has 0 saturated carbocycles. The van der Waals surface area contributed by atoms with Crippen molar-refractivity contribution in [2.45, 2.75) is 39.2 Å². The molecule has 2 heterocycles. The molecule has 1 aliphatic rings. The van der Waals surface area contributed by atoms with Gasteiger partial charge in [0.1, 0.15) is 0 Å². The molecule has 1 unspecified atom stereocenters. The van der Waals surface area contributed by atoms with Gasteiger partial charge in [0.25, 0.3) is 5.56 Å². The van der Waals surface area contributed by atoms with Gasteiger partial charge in [-0.25, -0.2) is 4.68 Å². The molecule has 0 radical (unpaired) electrons. The first-order chi connectivity index (χ1) is 9.20. The fraction of sp³-hybridized carbons (Fsp3) is 0.714. The summed E-state index contributed by atoms with van der Waals surface area (Å²) >= 11 is 4.23. The van der Waals surface area contributed by atoms with E-state index in [9.17, 15) is 4.79 Å². The Morgan fingerprint density at radius 2 is 2.11 bits per heavy atom. The first kappa shape index (κ1) is 14.4. The van der Waals surface area contributed by atoms with E-state index in [4.69, 9.17) is 0 Å². The number of aromatic nitrogens is 2. The Morgan fingerprint density at radius 1 is 1.37 bits per heavy atom. The lowest BCUT2D eigenvalue weighted by Crippen LogP contribution is -2.26. The van der Waals surface area contributed by atoms with Crippen LogP contribution in [0.15, 0.2) is 17.1 Å². The van der Waals surface area contributed by atoms with Gasteiger partial charge in [-0.2, -0.15) is 17.7 Å². The average molecular weight is 281 g/mol. The summed E-state index contributed by atoms with van der Waals surface area (Å²) in [6.45, 7) is 4.99. The standard InChI is InChI=1S/C14H23N3OS/c1-12(5-9-19)4-8-17-14(18)10-13(11-15-17)16-6-2-3-7-16/h10-12,19H,2-9H2,1H3. The van der Waals surface area contributed by atoms with Gasteiger partial charge in [-0.1, -0.05) is 6.92 Å². The second-order valence-electron chi connectivity index (χ2n) is 5.38. The van der Waals surface area contributed by atoms with E-state index in [0.29, 0.717) is 12.5 Å². The maximum atomic E-state index is 12.0. The molecule has 0 N–H and O–H groups in total. The number of nitrogens with zero attached hydrogens (tertiary/aromatic N) is 3. The van der Waals surface area contributed by atoms with Gasteiger partial charge in [-0.3, -0.25) is 4.79 Å². The number of hydrogen-bond donors (Lipinski definition) is 1. The summed E-state index contributed by atoms with van der Waals surface area (Å²) in [5.41, 5.74) is 0.990. The Labute approximate surface area is 120 Å². The summed E-state index contributed by atoms with van der Waals surface area (Å²) in [6.07, 6.45) is 6.32. The van der Waals surface area contributed by atoms with Gasteiger partial charge in [0.05, 0.1) is 11.9 Å². The Morgan fingerprint density at radius 3 is 2.74 bits per heavy atom. The second kappa shape index (κ2) is 6.98. The average Bonchev–Trinajstić information content (AvgIpc) is 2.91. The van der Waals surface area contributed by atoms with Crippen molar-refractivity contribution in [1.82, 2.24) is 9.78 Å². The van der Waals surface area contributed by atoms with E-state index in [1.807, 2.05) is 6.20 Å². The van der Waals surface area contributed by atoms with Crippen LogP contribution in [-0.2, 0) is 6.54 Å². The quantitative estimate of drug-likeness (QED) is 0.812. The van der Waals surface area contributed by atoms with Gasteiger partial charge < -0.3 is 4.90 Å². The molecule has 1 aliphatic heterocycles. The molecule has 1 atom stereocenters. The highest BCUT2D eigenvalue weighted by Crippen LogP contribution is 2.17. The monoisotopic (exact) mass is 281 g/mol. The van der Waals surface area contributed by atoms with E-state index in [1.165, 1.54) is 12.8 Å². The van der Waals surface area contributed by atoms with Crippen LogP contribution in [0.4, 0.5) is 5.69 Å². The van der Waals surface area contributed by atoms with Crippen LogP contribution in [-0.4, -0.2) is 28.6 Å². The molecule has 0 aromatic carbocycles. The van der Waals surface area contributed by atoms with Gasteiger partial charge >= 0.3 is 0 Å². The Hall–Kier alpha value is -0.970. The minimum Gasteiger partial charge on any atom is -0.370 e. The van der Waals surface area contributed by atoms with E-state index in [-0.39, 0.29) is 5.56 Å². The molecule has 0 bridgehead atoms. The molecule has 0 aliphatic carbocycles. The Kier molecular flexibility index (Phi) is 5.31. The zero-order valence-corrected chi connectivity index (χ0v) is 12.5. The van der Waals surface area contributed by atoms with Gasteiger partial charge in [-0.15, -0.1) is 0 Å². The third-order valence-electron chi connectivity index (χ3n) is 3.78. The summed E-state index contributed by atoms with van der Waals surface area (Å²) in [6, 6.07) is 1.72. The van der Waals surface area contributed by atoms with Gasteiger partial charge in [0.2, 0.25) is 0 Å². The van der Waals surface area contributed by atoms with Crippen LogP contribution in [0.1, 0.15) is 32.6 Å². The minimum absolute atomic E-state index is 0.0162. The summed E-state index contributed by atoms with van der Waals surface area (Å²) in [5.74, 6) is 1.49. The third-order valence-corrected chi connectivity index (χ3v) is 4.04. The van der Waals surface area contributed by atoms with E-state index >= 15 is 0 Å². The summed E-state index contributed by atoms with van der Waals surface area (Å²) in [4.78, 5) is 14.3. The zero-order chi connectivity index (χ0) is 13.7. The van der Waals surface area contributed by atoms with Crippen LogP contribution in [0.2, 0.25) is 0 Å². The highest BCUT2D eigenvalue weighted by atomic mass is 32.1. The van der Waals surface area contributed by atoms with E-state index < -0.39 is 0 Å². The smallest absolute Gasteiger partial charge is 0.268 e. The Balaban J connectivity index is 1.97. The van der Waals surface area contributed by atoms with Crippen molar-refractivity contribution in [3.8, 4) is 0 Å². The topological polar surface area (TPSA) is 38.1 Å². The molecule has 1 aromatic rings. The predicted molar refractivity (Wildman–Crippen MR) is 82.2 cm³/mol. The van der Waals surface area contributed by atoms with Gasteiger partial charge in [-0.05, 0) is 37.4 Å². The van der Waals surface area contributed by atoms with Crippen molar-refractivity contribution in [2.75, 3.05) is 23.7 Å². The van der Waals surface area contributed by atoms with E-state index in [0.717, 1.165) is 37.4 Å². The molecule has 2 rings (SSSR count). The first-order valence-electron chi connectivity index (χ1n) is 7.13.